The van der Waals surface area contributed by atoms with E-state index in [-0.39, 0.29) is 11.9 Å². The summed E-state index contributed by atoms with van der Waals surface area (Å²) in [6.07, 6.45) is 2.01. The van der Waals surface area contributed by atoms with Crippen LogP contribution in [0.25, 0.3) is 0 Å². The number of hydrogen-bond acceptors (Lipinski definition) is 4. The van der Waals surface area contributed by atoms with E-state index in [4.69, 9.17) is 10.5 Å². The third-order valence-corrected chi connectivity index (χ3v) is 3.13. The van der Waals surface area contributed by atoms with Crippen molar-refractivity contribution >= 4 is 23.4 Å². The maximum Gasteiger partial charge on any atom is 0.251 e. The topological polar surface area (TPSA) is 64.3 Å². The molecule has 5 heteroatoms. The van der Waals surface area contributed by atoms with Gasteiger partial charge in [-0.2, -0.15) is 11.8 Å². The SMILES string of the molecule is CCOc1cc(N)cc(C(=O)NC(C)CSC)c1. The Labute approximate surface area is 112 Å². The fourth-order valence-corrected chi connectivity index (χ4v) is 2.19. The van der Waals surface area contributed by atoms with Gasteiger partial charge in [0.25, 0.3) is 5.91 Å². The van der Waals surface area contributed by atoms with E-state index in [1.165, 1.54) is 0 Å². The summed E-state index contributed by atoms with van der Waals surface area (Å²) in [5, 5.41) is 2.92. The number of ether oxygens (including phenoxy) is 1. The van der Waals surface area contributed by atoms with Gasteiger partial charge in [-0.25, -0.2) is 0 Å². The van der Waals surface area contributed by atoms with Gasteiger partial charge in [0.2, 0.25) is 0 Å². The minimum absolute atomic E-state index is 0.121. The van der Waals surface area contributed by atoms with Crippen LogP contribution in [-0.2, 0) is 0 Å². The van der Waals surface area contributed by atoms with Crippen LogP contribution in [0, 0.1) is 0 Å². The molecule has 0 radical (unpaired) electrons. The van der Waals surface area contributed by atoms with Gasteiger partial charge in [0.1, 0.15) is 5.75 Å². The number of benzene rings is 1. The van der Waals surface area contributed by atoms with Crippen LogP contribution in [0.2, 0.25) is 0 Å². The summed E-state index contributed by atoms with van der Waals surface area (Å²) in [7, 11) is 0. The zero-order chi connectivity index (χ0) is 13.5. The molecule has 1 unspecified atom stereocenters. The highest BCUT2D eigenvalue weighted by Gasteiger charge is 2.11. The van der Waals surface area contributed by atoms with E-state index in [0.717, 1.165) is 5.75 Å². The second kappa shape index (κ2) is 7.16. The summed E-state index contributed by atoms with van der Waals surface area (Å²) in [5.74, 6) is 1.39. The Morgan fingerprint density at radius 1 is 1.50 bits per heavy atom. The highest BCUT2D eigenvalue weighted by molar-refractivity contribution is 7.98. The second-order valence-electron chi connectivity index (χ2n) is 4.05. The summed E-state index contributed by atoms with van der Waals surface area (Å²) in [5.41, 5.74) is 6.82. The number of anilines is 1. The zero-order valence-electron chi connectivity index (χ0n) is 11.0. The maximum absolute atomic E-state index is 12.0. The van der Waals surface area contributed by atoms with Crippen molar-refractivity contribution < 1.29 is 9.53 Å². The van der Waals surface area contributed by atoms with Crippen LogP contribution in [0.15, 0.2) is 18.2 Å². The van der Waals surface area contributed by atoms with Crippen molar-refractivity contribution in [1.29, 1.82) is 0 Å². The molecule has 0 spiro atoms. The van der Waals surface area contributed by atoms with Crippen molar-refractivity contribution in [3.05, 3.63) is 23.8 Å². The molecule has 0 fully saturated rings. The Balaban J connectivity index is 2.78. The predicted molar refractivity (Wildman–Crippen MR) is 77.3 cm³/mol. The maximum atomic E-state index is 12.0. The Morgan fingerprint density at radius 3 is 2.83 bits per heavy atom. The molecule has 1 amide bonds. The van der Waals surface area contributed by atoms with Gasteiger partial charge in [-0.3, -0.25) is 4.79 Å². The van der Waals surface area contributed by atoms with E-state index in [0.29, 0.717) is 23.6 Å². The van der Waals surface area contributed by atoms with Crippen LogP contribution in [0.3, 0.4) is 0 Å². The minimum atomic E-state index is -0.121. The van der Waals surface area contributed by atoms with Gasteiger partial charge in [0.05, 0.1) is 6.61 Å². The number of nitrogens with two attached hydrogens (primary N) is 1. The molecule has 0 aromatic heterocycles. The first-order valence-electron chi connectivity index (χ1n) is 5.90. The van der Waals surface area contributed by atoms with Gasteiger partial charge in [0, 0.05) is 29.1 Å². The van der Waals surface area contributed by atoms with E-state index in [1.807, 2.05) is 20.1 Å². The molecule has 1 aromatic rings. The standard InChI is InChI=1S/C13H20N2O2S/c1-4-17-12-6-10(5-11(14)7-12)13(16)15-9(2)8-18-3/h5-7,9H,4,8,14H2,1-3H3,(H,15,16). The molecule has 1 atom stereocenters. The highest BCUT2D eigenvalue weighted by atomic mass is 32.2. The first kappa shape index (κ1) is 14.7. The number of thioether (sulfide) groups is 1. The second-order valence-corrected chi connectivity index (χ2v) is 4.96. The Morgan fingerprint density at radius 2 is 2.22 bits per heavy atom. The number of rotatable bonds is 6. The Kier molecular flexibility index (Phi) is 5.85. The molecular formula is C13H20N2O2S. The monoisotopic (exact) mass is 268 g/mol. The van der Waals surface area contributed by atoms with E-state index >= 15 is 0 Å². The summed E-state index contributed by atoms with van der Waals surface area (Å²) in [6, 6.07) is 5.21. The fraction of sp³-hybridized carbons (Fsp3) is 0.462. The predicted octanol–water partition coefficient (Wildman–Crippen LogP) is 2.15. The molecule has 4 nitrogen and oxygen atoms in total. The molecule has 0 aliphatic heterocycles. The first-order valence-corrected chi connectivity index (χ1v) is 7.29. The number of nitrogen functional groups attached to an aromatic ring is 1. The van der Waals surface area contributed by atoms with Crippen LogP contribution in [0.5, 0.6) is 5.75 Å². The Bertz CT molecular complexity index is 410. The lowest BCUT2D eigenvalue weighted by molar-refractivity contribution is 0.0943. The van der Waals surface area contributed by atoms with Crippen molar-refractivity contribution in [3.8, 4) is 5.75 Å². The minimum Gasteiger partial charge on any atom is -0.494 e. The molecule has 1 rings (SSSR count). The summed E-state index contributed by atoms with van der Waals surface area (Å²) < 4.78 is 5.37. The molecule has 0 heterocycles. The van der Waals surface area contributed by atoms with Crippen LogP contribution in [0.4, 0.5) is 5.69 Å². The molecule has 0 saturated carbocycles. The number of carbonyl (C=O) groups is 1. The van der Waals surface area contributed by atoms with Crippen LogP contribution < -0.4 is 15.8 Å². The largest absolute Gasteiger partial charge is 0.494 e. The van der Waals surface area contributed by atoms with Crippen molar-refractivity contribution in [3.63, 3.8) is 0 Å². The average Bonchev–Trinajstić information content (AvgIpc) is 2.28. The fourth-order valence-electron chi connectivity index (χ4n) is 1.60. The lowest BCUT2D eigenvalue weighted by Crippen LogP contribution is -2.34. The third kappa shape index (κ3) is 4.49. The molecule has 100 valence electrons. The lowest BCUT2D eigenvalue weighted by Gasteiger charge is -2.13. The summed E-state index contributed by atoms with van der Waals surface area (Å²) in [6.45, 7) is 4.42. The van der Waals surface area contributed by atoms with Crippen LogP contribution in [0.1, 0.15) is 24.2 Å². The Hall–Kier alpha value is -1.36. The normalized spacial score (nSPS) is 11.9. The van der Waals surface area contributed by atoms with E-state index in [2.05, 4.69) is 5.32 Å². The van der Waals surface area contributed by atoms with Gasteiger partial charge < -0.3 is 15.8 Å². The summed E-state index contributed by atoms with van der Waals surface area (Å²) >= 11 is 1.70. The highest BCUT2D eigenvalue weighted by Crippen LogP contribution is 2.19. The van der Waals surface area contributed by atoms with Crippen molar-refractivity contribution in [2.45, 2.75) is 19.9 Å². The number of carbonyl (C=O) groups excluding carboxylic acids is 1. The van der Waals surface area contributed by atoms with E-state index < -0.39 is 0 Å². The molecule has 3 N–H and O–H groups in total. The number of amides is 1. The van der Waals surface area contributed by atoms with Gasteiger partial charge in [-0.1, -0.05) is 0 Å². The van der Waals surface area contributed by atoms with Crippen molar-refractivity contribution in [2.75, 3.05) is 24.3 Å². The van der Waals surface area contributed by atoms with Crippen LogP contribution >= 0.6 is 11.8 Å². The molecule has 0 aliphatic rings. The van der Waals surface area contributed by atoms with Gasteiger partial charge in [0.15, 0.2) is 0 Å². The number of nitrogens with one attached hydrogen (secondary N) is 1. The molecule has 1 aromatic carbocycles. The third-order valence-electron chi connectivity index (χ3n) is 2.30. The number of hydrogen-bond donors (Lipinski definition) is 2. The smallest absolute Gasteiger partial charge is 0.251 e. The molecular weight excluding hydrogens is 248 g/mol. The lowest BCUT2D eigenvalue weighted by atomic mass is 10.1. The quantitative estimate of drug-likeness (QED) is 0.776. The van der Waals surface area contributed by atoms with Gasteiger partial charge in [-0.15, -0.1) is 0 Å². The molecule has 0 saturated heterocycles. The van der Waals surface area contributed by atoms with E-state index in [1.54, 1.807) is 30.0 Å². The van der Waals surface area contributed by atoms with Crippen LogP contribution in [-0.4, -0.2) is 30.6 Å². The van der Waals surface area contributed by atoms with Crippen molar-refractivity contribution in [2.24, 2.45) is 0 Å². The van der Waals surface area contributed by atoms with Gasteiger partial charge >= 0.3 is 0 Å². The van der Waals surface area contributed by atoms with Crippen molar-refractivity contribution in [1.82, 2.24) is 5.32 Å². The molecule has 18 heavy (non-hydrogen) atoms. The first-order chi connectivity index (χ1) is 8.56. The van der Waals surface area contributed by atoms with E-state index in [9.17, 15) is 4.79 Å². The molecule has 0 aliphatic carbocycles. The van der Waals surface area contributed by atoms with Gasteiger partial charge in [-0.05, 0) is 32.2 Å². The summed E-state index contributed by atoms with van der Waals surface area (Å²) in [4.78, 5) is 12.0. The zero-order valence-corrected chi connectivity index (χ0v) is 11.8. The molecule has 0 bridgehead atoms. The average molecular weight is 268 g/mol.